The van der Waals surface area contributed by atoms with Crippen molar-refractivity contribution >= 4 is 5.95 Å². The Balaban J connectivity index is 2.31. The van der Waals surface area contributed by atoms with Crippen LogP contribution in [-0.4, -0.2) is 27.6 Å². The predicted molar refractivity (Wildman–Crippen MR) is 84.5 cm³/mol. The van der Waals surface area contributed by atoms with E-state index < -0.39 is 0 Å². The average Bonchev–Trinajstić information content (AvgIpc) is 2.46. The van der Waals surface area contributed by atoms with Gasteiger partial charge in [-0.3, -0.25) is 4.98 Å². The fraction of sp³-hybridized carbons (Fsp3) is 0.438. The number of anilines is 1. The zero-order valence-corrected chi connectivity index (χ0v) is 13.1. The zero-order chi connectivity index (χ0) is 15.2. The van der Waals surface area contributed by atoms with E-state index in [9.17, 15) is 0 Å². The van der Waals surface area contributed by atoms with E-state index in [0.717, 1.165) is 35.5 Å². The summed E-state index contributed by atoms with van der Waals surface area (Å²) in [6.07, 6.45) is 6.50. The summed E-state index contributed by atoms with van der Waals surface area (Å²) in [7, 11) is 0. The van der Waals surface area contributed by atoms with E-state index in [-0.39, 0.29) is 6.10 Å². The third kappa shape index (κ3) is 4.15. The quantitative estimate of drug-likeness (QED) is 0.881. The van der Waals surface area contributed by atoms with Crippen molar-refractivity contribution in [1.82, 2.24) is 15.0 Å². The lowest BCUT2D eigenvalue weighted by Gasteiger charge is -2.12. The first-order valence-corrected chi connectivity index (χ1v) is 7.29. The topological polar surface area (TPSA) is 59.9 Å². The van der Waals surface area contributed by atoms with Crippen molar-refractivity contribution in [2.45, 2.75) is 40.2 Å². The second-order valence-corrected chi connectivity index (χ2v) is 5.23. The van der Waals surface area contributed by atoms with Gasteiger partial charge >= 0.3 is 0 Å². The Kier molecular flexibility index (Phi) is 5.09. The average molecular weight is 286 g/mol. The summed E-state index contributed by atoms with van der Waals surface area (Å²) in [6.45, 7) is 8.95. The van der Waals surface area contributed by atoms with Crippen LogP contribution in [0, 0.1) is 6.92 Å². The van der Waals surface area contributed by atoms with Gasteiger partial charge in [0.1, 0.15) is 5.75 Å². The molecule has 0 saturated heterocycles. The molecule has 2 aromatic heterocycles. The van der Waals surface area contributed by atoms with Gasteiger partial charge in [-0.05, 0) is 38.8 Å². The smallest absolute Gasteiger partial charge is 0.223 e. The highest BCUT2D eigenvalue weighted by Gasteiger charge is 2.09. The Morgan fingerprint density at radius 2 is 2.05 bits per heavy atom. The molecule has 0 unspecified atom stereocenters. The van der Waals surface area contributed by atoms with Gasteiger partial charge in [0, 0.05) is 24.5 Å². The van der Waals surface area contributed by atoms with Crippen LogP contribution in [0.3, 0.4) is 0 Å². The Bertz CT molecular complexity index is 599. The Labute approximate surface area is 125 Å². The number of nitrogens with zero attached hydrogens (tertiary/aromatic N) is 3. The molecular weight excluding hydrogens is 264 g/mol. The maximum Gasteiger partial charge on any atom is 0.223 e. The molecule has 0 spiro atoms. The lowest BCUT2D eigenvalue weighted by atomic mass is 10.1. The van der Waals surface area contributed by atoms with Gasteiger partial charge in [0.2, 0.25) is 5.95 Å². The number of nitrogens with one attached hydrogen (secondary N) is 1. The van der Waals surface area contributed by atoms with Crippen LogP contribution in [0.15, 0.2) is 24.7 Å². The van der Waals surface area contributed by atoms with E-state index in [1.807, 2.05) is 33.0 Å². The van der Waals surface area contributed by atoms with Crippen molar-refractivity contribution in [2.75, 3.05) is 11.9 Å². The maximum atomic E-state index is 5.69. The minimum absolute atomic E-state index is 0.121. The molecule has 0 amide bonds. The van der Waals surface area contributed by atoms with Gasteiger partial charge in [-0.2, -0.15) is 0 Å². The first kappa shape index (κ1) is 15.2. The molecule has 0 fully saturated rings. The molecule has 2 rings (SSSR count). The maximum absolute atomic E-state index is 5.69. The molecule has 2 aromatic rings. The first-order valence-electron chi connectivity index (χ1n) is 7.29. The van der Waals surface area contributed by atoms with Crippen LogP contribution in [0.2, 0.25) is 0 Å². The van der Waals surface area contributed by atoms with Crippen molar-refractivity contribution < 1.29 is 4.74 Å². The number of aryl methyl sites for hydroxylation is 1. The number of aromatic nitrogens is 3. The van der Waals surface area contributed by atoms with Crippen LogP contribution < -0.4 is 10.1 Å². The molecule has 0 aliphatic carbocycles. The second-order valence-electron chi connectivity index (χ2n) is 5.23. The molecule has 0 radical (unpaired) electrons. The predicted octanol–water partition coefficient (Wildman–Crippen LogP) is 3.46. The van der Waals surface area contributed by atoms with Crippen molar-refractivity contribution in [3.05, 3.63) is 30.2 Å². The molecule has 0 atom stereocenters. The number of hydrogen-bond donors (Lipinski definition) is 1. The molecule has 21 heavy (non-hydrogen) atoms. The van der Waals surface area contributed by atoms with E-state index in [0.29, 0.717) is 5.95 Å². The normalized spacial score (nSPS) is 10.7. The summed E-state index contributed by atoms with van der Waals surface area (Å²) >= 11 is 0. The SMILES string of the molecule is CCCNc1ncc(C)c(-c2cncc(OC(C)C)c2)n1. The molecular formula is C16H22N4O. The summed E-state index contributed by atoms with van der Waals surface area (Å²) < 4.78 is 5.69. The summed E-state index contributed by atoms with van der Waals surface area (Å²) in [6, 6.07) is 1.96. The van der Waals surface area contributed by atoms with Gasteiger partial charge in [-0.1, -0.05) is 6.92 Å². The fourth-order valence-corrected chi connectivity index (χ4v) is 1.94. The summed E-state index contributed by atoms with van der Waals surface area (Å²) in [5.74, 6) is 1.40. The molecule has 5 nitrogen and oxygen atoms in total. The highest BCUT2D eigenvalue weighted by molar-refractivity contribution is 5.64. The molecule has 5 heteroatoms. The Hall–Kier alpha value is -2.17. The molecule has 112 valence electrons. The molecule has 2 heterocycles. The number of ether oxygens (including phenoxy) is 1. The van der Waals surface area contributed by atoms with E-state index in [1.165, 1.54) is 0 Å². The van der Waals surface area contributed by atoms with Gasteiger partial charge in [-0.25, -0.2) is 9.97 Å². The monoisotopic (exact) mass is 286 g/mol. The van der Waals surface area contributed by atoms with Crippen molar-refractivity contribution in [3.63, 3.8) is 0 Å². The van der Waals surface area contributed by atoms with Gasteiger partial charge in [0.25, 0.3) is 0 Å². The van der Waals surface area contributed by atoms with Crippen LogP contribution in [0.4, 0.5) is 5.95 Å². The van der Waals surface area contributed by atoms with Crippen LogP contribution in [0.25, 0.3) is 11.3 Å². The standard InChI is InChI=1S/C16H22N4O/c1-5-6-18-16-19-8-12(4)15(20-16)13-7-14(10-17-9-13)21-11(2)3/h7-11H,5-6H2,1-4H3,(H,18,19,20). The van der Waals surface area contributed by atoms with Gasteiger partial charge in [0.05, 0.1) is 18.0 Å². The summed E-state index contributed by atoms with van der Waals surface area (Å²) in [4.78, 5) is 13.1. The van der Waals surface area contributed by atoms with E-state index in [2.05, 4.69) is 27.2 Å². The Morgan fingerprint density at radius 3 is 2.76 bits per heavy atom. The highest BCUT2D eigenvalue weighted by atomic mass is 16.5. The van der Waals surface area contributed by atoms with Crippen LogP contribution in [0.1, 0.15) is 32.8 Å². The molecule has 0 aromatic carbocycles. The lowest BCUT2D eigenvalue weighted by molar-refractivity contribution is 0.241. The third-order valence-corrected chi connectivity index (χ3v) is 2.86. The highest BCUT2D eigenvalue weighted by Crippen LogP contribution is 2.24. The van der Waals surface area contributed by atoms with E-state index in [4.69, 9.17) is 4.74 Å². The number of hydrogen-bond acceptors (Lipinski definition) is 5. The fourth-order valence-electron chi connectivity index (χ4n) is 1.94. The van der Waals surface area contributed by atoms with Gasteiger partial charge < -0.3 is 10.1 Å². The van der Waals surface area contributed by atoms with Crippen molar-refractivity contribution in [1.29, 1.82) is 0 Å². The molecule has 1 N–H and O–H groups in total. The molecule has 0 bridgehead atoms. The minimum Gasteiger partial charge on any atom is -0.489 e. The first-order chi connectivity index (χ1) is 10.1. The van der Waals surface area contributed by atoms with Crippen LogP contribution >= 0.6 is 0 Å². The van der Waals surface area contributed by atoms with Gasteiger partial charge in [0.15, 0.2) is 0 Å². The van der Waals surface area contributed by atoms with Crippen LogP contribution in [0.5, 0.6) is 5.75 Å². The number of rotatable bonds is 6. The zero-order valence-electron chi connectivity index (χ0n) is 13.1. The van der Waals surface area contributed by atoms with E-state index >= 15 is 0 Å². The van der Waals surface area contributed by atoms with Crippen molar-refractivity contribution in [3.8, 4) is 17.0 Å². The van der Waals surface area contributed by atoms with E-state index in [1.54, 1.807) is 12.4 Å². The minimum atomic E-state index is 0.121. The number of pyridine rings is 1. The summed E-state index contributed by atoms with van der Waals surface area (Å²) in [5.41, 5.74) is 2.83. The van der Waals surface area contributed by atoms with Crippen molar-refractivity contribution in [2.24, 2.45) is 0 Å². The lowest BCUT2D eigenvalue weighted by Crippen LogP contribution is -2.07. The van der Waals surface area contributed by atoms with Crippen LogP contribution in [-0.2, 0) is 0 Å². The summed E-state index contributed by atoms with van der Waals surface area (Å²) in [5, 5.41) is 3.20. The molecule has 0 saturated carbocycles. The second kappa shape index (κ2) is 7.02. The molecule has 0 aliphatic rings. The molecule has 0 aliphatic heterocycles. The largest absolute Gasteiger partial charge is 0.489 e. The Morgan fingerprint density at radius 1 is 1.24 bits per heavy atom. The third-order valence-electron chi connectivity index (χ3n) is 2.86. The van der Waals surface area contributed by atoms with Gasteiger partial charge in [-0.15, -0.1) is 0 Å².